The molecule has 0 aliphatic carbocycles. The number of para-hydroxylation sites is 1. The topological polar surface area (TPSA) is 63.9 Å². The molecule has 6 nitrogen and oxygen atoms in total. The lowest BCUT2D eigenvalue weighted by atomic mass is 9.87. The van der Waals surface area contributed by atoms with Gasteiger partial charge < -0.3 is 4.57 Å². The molecule has 34 heavy (non-hydrogen) atoms. The summed E-state index contributed by atoms with van der Waals surface area (Å²) in [6.45, 7) is 11.1. The fraction of sp³-hybridized carbons (Fsp3) is 0.308. The van der Waals surface area contributed by atoms with E-state index in [4.69, 9.17) is 4.98 Å². The minimum Gasteiger partial charge on any atom is -0.302 e. The summed E-state index contributed by atoms with van der Waals surface area (Å²) in [4.78, 5) is 18.7. The predicted octanol–water partition coefficient (Wildman–Crippen LogP) is 6.70. The Bertz CT molecular complexity index is 1260. The van der Waals surface area contributed by atoms with E-state index in [1.54, 1.807) is 23.6 Å². The number of nitrogens with zero attached hydrogens (tertiary/aromatic N) is 5. The number of anilines is 2. The Morgan fingerprint density at radius 3 is 2.38 bits per heavy atom. The van der Waals surface area contributed by atoms with Crippen molar-refractivity contribution in [2.75, 3.05) is 4.90 Å². The molecule has 176 valence electrons. The van der Waals surface area contributed by atoms with Crippen molar-refractivity contribution >= 4 is 39.8 Å². The molecular weight excluding hydrogens is 462 g/mol. The lowest BCUT2D eigenvalue weighted by Gasteiger charge is -2.19. The van der Waals surface area contributed by atoms with Crippen LogP contribution in [0, 0.1) is 0 Å². The summed E-state index contributed by atoms with van der Waals surface area (Å²) in [5.74, 6) is 1.46. The second-order valence-electron chi connectivity index (χ2n) is 8.98. The largest absolute Gasteiger partial charge is 0.302 e. The van der Waals surface area contributed by atoms with Crippen molar-refractivity contribution in [1.82, 2.24) is 19.7 Å². The zero-order valence-electron chi connectivity index (χ0n) is 20.1. The first-order valence-corrected chi connectivity index (χ1v) is 13.1. The Morgan fingerprint density at radius 1 is 1.06 bits per heavy atom. The molecule has 0 saturated heterocycles. The van der Waals surface area contributed by atoms with E-state index < -0.39 is 0 Å². The summed E-state index contributed by atoms with van der Waals surface area (Å²) >= 11 is 3.08. The Hall–Kier alpha value is -2.97. The molecule has 0 bridgehead atoms. The van der Waals surface area contributed by atoms with Crippen molar-refractivity contribution in [3.63, 3.8) is 0 Å². The summed E-state index contributed by atoms with van der Waals surface area (Å²) < 4.78 is 2.13. The molecule has 1 amide bonds. The van der Waals surface area contributed by atoms with Crippen LogP contribution >= 0.6 is 23.1 Å². The molecule has 4 aromatic rings. The first-order valence-electron chi connectivity index (χ1n) is 11.2. The Kier molecular flexibility index (Phi) is 7.19. The maximum Gasteiger partial charge on any atom is 0.230 e. The molecular formula is C26H29N5OS2. The standard InChI is InChI=1S/C26H29N5OS2/c1-6-30-23(19-12-14-20(15-13-19)26(3,4)5)28-29-25(30)34-17-21-16-33-24(27-21)31(18(2)32)22-10-8-7-9-11-22/h7-16H,6,17H2,1-5H3. The predicted molar refractivity (Wildman–Crippen MR) is 141 cm³/mol. The summed E-state index contributed by atoms with van der Waals surface area (Å²) in [7, 11) is 0. The SMILES string of the molecule is CCn1c(SCc2csc(N(C(C)=O)c3ccccc3)n2)nnc1-c1ccc(C(C)(C)C)cc1. The second-order valence-corrected chi connectivity index (χ2v) is 10.8. The number of hydrogen-bond donors (Lipinski definition) is 0. The van der Waals surface area contributed by atoms with Gasteiger partial charge in [-0.05, 0) is 30.0 Å². The van der Waals surface area contributed by atoms with Crippen molar-refractivity contribution in [2.45, 2.75) is 57.5 Å². The van der Waals surface area contributed by atoms with Crippen LogP contribution in [0.2, 0.25) is 0 Å². The van der Waals surface area contributed by atoms with Crippen molar-refractivity contribution in [2.24, 2.45) is 0 Å². The number of aromatic nitrogens is 4. The number of carbonyl (C=O) groups excluding carboxylic acids is 1. The average Bonchev–Trinajstić information content (AvgIpc) is 3.44. The molecule has 0 unspecified atom stereocenters. The van der Waals surface area contributed by atoms with Crippen molar-refractivity contribution < 1.29 is 4.79 Å². The summed E-state index contributed by atoms with van der Waals surface area (Å²) in [5.41, 5.74) is 4.20. The van der Waals surface area contributed by atoms with E-state index in [2.05, 4.69) is 66.7 Å². The molecule has 0 N–H and O–H groups in total. The number of carbonyl (C=O) groups is 1. The summed E-state index contributed by atoms with van der Waals surface area (Å²) in [5, 5.41) is 12.5. The Morgan fingerprint density at radius 2 is 1.76 bits per heavy atom. The summed E-state index contributed by atoms with van der Waals surface area (Å²) in [6.07, 6.45) is 0. The van der Waals surface area contributed by atoms with Gasteiger partial charge in [0, 0.05) is 30.2 Å². The van der Waals surface area contributed by atoms with Gasteiger partial charge in [0.15, 0.2) is 16.1 Å². The molecule has 0 saturated carbocycles. The monoisotopic (exact) mass is 491 g/mol. The Balaban J connectivity index is 1.50. The highest BCUT2D eigenvalue weighted by Crippen LogP contribution is 2.32. The second kappa shape index (κ2) is 10.1. The van der Waals surface area contributed by atoms with Gasteiger partial charge in [-0.2, -0.15) is 0 Å². The quantitative estimate of drug-likeness (QED) is 0.269. The van der Waals surface area contributed by atoms with E-state index in [0.29, 0.717) is 10.9 Å². The third-order valence-corrected chi connectivity index (χ3v) is 7.33. The van der Waals surface area contributed by atoms with Gasteiger partial charge in [0.2, 0.25) is 5.91 Å². The fourth-order valence-corrected chi connectivity index (χ4v) is 5.51. The van der Waals surface area contributed by atoms with E-state index in [0.717, 1.165) is 34.5 Å². The average molecular weight is 492 g/mol. The molecule has 0 radical (unpaired) electrons. The van der Waals surface area contributed by atoms with Crippen molar-refractivity contribution in [3.05, 3.63) is 71.2 Å². The number of thiazole rings is 1. The van der Waals surface area contributed by atoms with Gasteiger partial charge >= 0.3 is 0 Å². The van der Waals surface area contributed by atoms with E-state index in [1.807, 2.05) is 35.7 Å². The minimum absolute atomic E-state index is 0.0624. The first kappa shape index (κ1) is 24.2. The van der Waals surface area contributed by atoms with E-state index >= 15 is 0 Å². The van der Waals surface area contributed by atoms with Gasteiger partial charge in [0.1, 0.15) is 0 Å². The van der Waals surface area contributed by atoms with Crippen LogP contribution in [0.1, 0.15) is 45.9 Å². The molecule has 0 spiro atoms. The lowest BCUT2D eigenvalue weighted by molar-refractivity contribution is -0.115. The molecule has 2 heterocycles. The maximum atomic E-state index is 12.3. The highest BCUT2D eigenvalue weighted by atomic mass is 32.2. The number of thioether (sulfide) groups is 1. The van der Waals surface area contributed by atoms with Crippen LogP contribution in [0.25, 0.3) is 11.4 Å². The van der Waals surface area contributed by atoms with Crippen LogP contribution in [-0.2, 0) is 22.5 Å². The first-order chi connectivity index (χ1) is 16.3. The van der Waals surface area contributed by atoms with Gasteiger partial charge in [-0.25, -0.2) is 4.98 Å². The molecule has 2 aromatic heterocycles. The molecule has 4 rings (SSSR count). The van der Waals surface area contributed by atoms with Crippen LogP contribution < -0.4 is 4.90 Å². The fourth-order valence-electron chi connectivity index (χ4n) is 3.62. The van der Waals surface area contributed by atoms with Crippen LogP contribution in [0.3, 0.4) is 0 Å². The smallest absolute Gasteiger partial charge is 0.230 e. The Labute approximate surface area is 209 Å². The highest BCUT2D eigenvalue weighted by molar-refractivity contribution is 7.98. The third-order valence-electron chi connectivity index (χ3n) is 5.45. The number of amides is 1. The zero-order valence-corrected chi connectivity index (χ0v) is 21.8. The van der Waals surface area contributed by atoms with Crippen LogP contribution in [-0.4, -0.2) is 25.7 Å². The molecule has 0 aliphatic rings. The molecule has 0 fully saturated rings. The normalized spacial score (nSPS) is 11.6. The van der Waals surface area contributed by atoms with Gasteiger partial charge in [0.25, 0.3) is 0 Å². The van der Waals surface area contributed by atoms with Crippen molar-refractivity contribution in [1.29, 1.82) is 0 Å². The molecule has 8 heteroatoms. The molecule has 0 atom stereocenters. The van der Waals surface area contributed by atoms with Gasteiger partial charge in [-0.1, -0.05) is 75.0 Å². The highest BCUT2D eigenvalue weighted by Gasteiger charge is 2.19. The van der Waals surface area contributed by atoms with Gasteiger partial charge in [-0.3, -0.25) is 9.69 Å². The van der Waals surface area contributed by atoms with Crippen LogP contribution in [0.4, 0.5) is 10.8 Å². The maximum absolute atomic E-state index is 12.3. The van der Waals surface area contributed by atoms with Crippen LogP contribution in [0.5, 0.6) is 0 Å². The third kappa shape index (κ3) is 5.23. The van der Waals surface area contributed by atoms with E-state index in [1.165, 1.54) is 16.9 Å². The van der Waals surface area contributed by atoms with Crippen molar-refractivity contribution in [3.8, 4) is 11.4 Å². The molecule has 2 aromatic carbocycles. The van der Waals surface area contributed by atoms with E-state index in [-0.39, 0.29) is 11.3 Å². The van der Waals surface area contributed by atoms with E-state index in [9.17, 15) is 4.79 Å². The minimum atomic E-state index is -0.0624. The number of hydrogen-bond acceptors (Lipinski definition) is 6. The number of benzene rings is 2. The number of rotatable bonds is 7. The van der Waals surface area contributed by atoms with Gasteiger partial charge in [0.05, 0.1) is 11.4 Å². The van der Waals surface area contributed by atoms with Crippen LogP contribution in [0.15, 0.2) is 65.1 Å². The molecule has 0 aliphatic heterocycles. The van der Waals surface area contributed by atoms with Gasteiger partial charge in [-0.15, -0.1) is 21.5 Å². The summed E-state index contributed by atoms with van der Waals surface area (Å²) in [6, 6.07) is 18.2. The lowest BCUT2D eigenvalue weighted by Crippen LogP contribution is -2.22. The zero-order chi connectivity index (χ0) is 24.3.